The van der Waals surface area contributed by atoms with Crippen LogP contribution in [0.3, 0.4) is 0 Å². The number of aromatic nitrogens is 1. The predicted molar refractivity (Wildman–Crippen MR) is 79.8 cm³/mol. The molecule has 1 saturated heterocycles. The maximum atomic E-state index is 13.0. The van der Waals surface area contributed by atoms with Gasteiger partial charge in [-0.1, -0.05) is 13.8 Å². The molecule has 1 amide bonds. The lowest BCUT2D eigenvalue weighted by atomic mass is 9.66. The number of anilines is 1. The molecular formula is C17H22N2O2. The van der Waals surface area contributed by atoms with Crippen LogP contribution in [0.15, 0.2) is 18.3 Å². The molecule has 3 fully saturated rings. The summed E-state index contributed by atoms with van der Waals surface area (Å²) in [5.74, 6) is 1.24. The number of hydrogen-bond donors (Lipinski definition) is 1. The van der Waals surface area contributed by atoms with E-state index in [1.54, 1.807) is 6.20 Å². The summed E-state index contributed by atoms with van der Waals surface area (Å²) in [4.78, 5) is 17.2. The Morgan fingerprint density at radius 2 is 2.29 bits per heavy atom. The zero-order chi connectivity index (χ0) is 14.9. The summed E-state index contributed by atoms with van der Waals surface area (Å²) in [5, 5.41) is 3.00. The number of ether oxygens (including phenoxy) is 1. The van der Waals surface area contributed by atoms with Gasteiger partial charge in [-0.2, -0.15) is 0 Å². The van der Waals surface area contributed by atoms with Gasteiger partial charge in [-0.15, -0.1) is 0 Å². The molecule has 4 bridgehead atoms. The summed E-state index contributed by atoms with van der Waals surface area (Å²) >= 11 is 0. The van der Waals surface area contributed by atoms with Crippen molar-refractivity contribution in [1.82, 2.24) is 4.98 Å². The minimum Gasteiger partial charge on any atom is -0.364 e. The topological polar surface area (TPSA) is 51.2 Å². The van der Waals surface area contributed by atoms with Gasteiger partial charge >= 0.3 is 0 Å². The van der Waals surface area contributed by atoms with Crippen LogP contribution in [0, 0.1) is 23.7 Å². The Bertz CT molecular complexity index is 631. The fourth-order valence-corrected chi connectivity index (χ4v) is 5.08. The lowest BCUT2D eigenvalue weighted by molar-refractivity contribution is -0.149. The van der Waals surface area contributed by atoms with Crippen molar-refractivity contribution in [2.45, 2.75) is 45.6 Å². The number of carbonyl (C=O) groups excluding carboxylic acids is 1. The average molecular weight is 286 g/mol. The van der Waals surface area contributed by atoms with E-state index >= 15 is 0 Å². The van der Waals surface area contributed by atoms with Crippen molar-refractivity contribution in [2.24, 2.45) is 16.7 Å². The molecule has 0 aromatic carbocycles. The molecule has 3 aliphatic rings. The largest absolute Gasteiger partial charge is 0.364 e. The molecule has 0 spiro atoms. The van der Waals surface area contributed by atoms with Crippen molar-refractivity contribution in [3.8, 4) is 0 Å². The second kappa shape index (κ2) is 3.86. The molecule has 4 heteroatoms. The third-order valence-corrected chi connectivity index (χ3v) is 6.72. The lowest BCUT2D eigenvalue weighted by Gasteiger charge is -2.39. The number of amides is 1. The Morgan fingerprint density at radius 1 is 1.48 bits per heavy atom. The molecule has 4 rings (SSSR count). The maximum absolute atomic E-state index is 13.0. The van der Waals surface area contributed by atoms with E-state index in [0.717, 1.165) is 18.4 Å². The van der Waals surface area contributed by atoms with E-state index in [2.05, 4.69) is 24.1 Å². The van der Waals surface area contributed by atoms with Gasteiger partial charge in [0.1, 0.15) is 5.82 Å². The molecule has 0 radical (unpaired) electrons. The van der Waals surface area contributed by atoms with E-state index in [-0.39, 0.29) is 16.7 Å². The van der Waals surface area contributed by atoms with Gasteiger partial charge in [-0.3, -0.25) is 4.79 Å². The highest BCUT2D eigenvalue weighted by Gasteiger charge is 2.78. The molecule has 1 aliphatic heterocycles. The molecule has 4 atom stereocenters. The van der Waals surface area contributed by atoms with E-state index in [0.29, 0.717) is 18.3 Å². The Hall–Kier alpha value is -1.42. The van der Waals surface area contributed by atoms with Gasteiger partial charge in [-0.25, -0.2) is 4.98 Å². The Morgan fingerprint density at radius 3 is 2.95 bits per heavy atom. The number of pyridine rings is 1. The van der Waals surface area contributed by atoms with E-state index in [9.17, 15) is 4.79 Å². The van der Waals surface area contributed by atoms with Crippen LogP contribution >= 0.6 is 0 Å². The van der Waals surface area contributed by atoms with Crippen LogP contribution < -0.4 is 5.32 Å². The Kier molecular flexibility index (Phi) is 2.44. The van der Waals surface area contributed by atoms with Crippen LogP contribution in [0.1, 0.15) is 38.7 Å². The third-order valence-electron chi connectivity index (χ3n) is 6.72. The smallest absolute Gasteiger partial charge is 0.258 e. The minimum atomic E-state index is -0.657. The van der Waals surface area contributed by atoms with Gasteiger partial charge < -0.3 is 10.1 Å². The molecule has 4 unspecified atom stereocenters. The molecule has 2 aliphatic carbocycles. The second-order valence-electron chi connectivity index (χ2n) is 7.48. The SMILES string of the molecule is Cc1ccnc(NC(=O)C23CC4CCC2(C)C4(C)CO3)c1. The first-order valence-corrected chi connectivity index (χ1v) is 7.79. The van der Waals surface area contributed by atoms with Gasteiger partial charge in [-0.05, 0) is 49.8 Å². The van der Waals surface area contributed by atoms with E-state index in [4.69, 9.17) is 4.74 Å². The minimum absolute atomic E-state index is 0.00553. The van der Waals surface area contributed by atoms with Crippen molar-refractivity contribution in [2.75, 3.05) is 11.9 Å². The van der Waals surface area contributed by atoms with Crippen LogP contribution in [-0.4, -0.2) is 23.1 Å². The predicted octanol–water partition coefficient (Wildman–Crippen LogP) is 2.92. The molecule has 4 nitrogen and oxygen atoms in total. The zero-order valence-corrected chi connectivity index (χ0v) is 12.9. The van der Waals surface area contributed by atoms with Gasteiger partial charge in [0.25, 0.3) is 5.91 Å². The van der Waals surface area contributed by atoms with Crippen LogP contribution in [0.4, 0.5) is 5.82 Å². The quantitative estimate of drug-likeness (QED) is 0.909. The highest BCUT2D eigenvalue weighted by molar-refractivity contribution is 5.98. The summed E-state index contributed by atoms with van der Waals surface area (Å²) in [7, 11) is 0. The monoisotopic (exact) mass is 286 g/mol. The maximum Gasteiger partial charge on any atom is 0.258 e. The summed E-state index contributed by atoms with van der Waals surface area (Å²) in [6.45, 7) is 7.26. The number of nitrogens with zero attached hydrogens (tertiary/aromatic N) is 1. The third kappa shape index (κ3) is 1.39. The standard InChI is InChI=1S/C17H22N2O2/c1-11-5-7-18-13(8-11)19-14(20)17-9-12-4-6-16(17,3)15(12,2)10-21-17/h5,7-8,12H,4,6,9-10H2,1-3H3,(H,18,19,20). The molecule has 2 saturated carbocycles. The van der Waals surface area contributed by atoms with Crippen molar-refractivity contribution in [3.05, 3.63) is 23.9 Å². The number of rotatable bonds is 2. The Balaban J connectivity index is 1.66. The fraction of sp³-hybridized carbons (Fsp3) is 0.647. The van der Waals surface area contributed by atoms with E-state index < -0.39 is 5.60 Å². The molecule has 21 heavy (non-hydrogen) atoms. The molecule has 1 N–H and O–H groups in total. The van der Waals surface area contributed by atoms with E-state index in [1.165, 1.54) is 6.42 Å². The highest BCUT2D eigenvalue weighted by Crippen LogP contribution is 2.75. The van der Waals surface area contributed by atoms with E-state index in [1.807, 2.05) is 19.1 Å². The molecular weight excluding hydrogens is 264 g/mol. The summed E-state index contributed by atoms with van der Waals surface area (Å²) in [6, 6.07) is 3.83. The first-order valence-electron chi connectivity index (χ1n) is 7.79. The number of nitrogens with one attached hydrogen (secondary N) is 1. The molecule has 1 aromatic rings. The van der Waals surface area contributed by atoms with Crippen LogP contribution in [0.2, 0.25) is 0 Å². The summed E-state index contributed by atoms with van der Waals surface area (Å²) < 4.78 is 6.10. The first kappa shape index (κ1) is 13.3. The van der Waals surface area contributed by atoms with Gasteiger partial charge in [0, 0.05) is 17.0 Å². The fourth-order valence-electron chi connectivity index (χ4n) is 5.08. The molecule has 112 valence electrons. The molecule has 1 aromatic heterocycles. The lowest BCUT2D eigenvalue weighted by Crippen LogP contribution is -2.52. The second-order valence-corrected chi connectivity index (χ2v) is 7.48. The van der Waals surface area contributed by atoms with Gasteiger partial charge in [0.15, 0.2) is 5.60 Å². The average Bonchev–Trinajstić information content (AvgIpc) is 2.91. The van der Waals surface area contributed by atoms with Crippen LogP contribution in [0.25, 0.3) is 0 Å². The van der Waals surface area contributed by atoms with Crippen LogP contribution in [0.5, 0.6) is 0 Å². The first-order chi connectivity index (χ1) is 9.91. The number of hydrogen-bond acceptors (Lipinski definition) is 3. The van der Waals surface area contributed by atoms with Gasteiger partial charge in [0.05, 0.1) is 6.61 Å². The van der Waals surface area contributed by atoms with Crippen LogP contribution in [-0.2, 0) is 9.53 Å². The number of aryl methyl sites for hydroxylation is 1. The van der Waals surface area contributed by atoms with Gasteiger partial charge in [0.2, 0.25) is 0 Å². The van der Waals surface area contributed by atoms with Crippen molar-refractivity contribution in [3.63, 3.8) is 0 Å². The normalized spacial score (nSPS) is 43.3. The highest BCUT2D eigenvalue weighted by atomic mass is 16.5. The Labute approximate surface area is 125 Å². The summed E-state index contributed by atoms with van der Waals surface area (Å²) in [6.07, 6.45) is 4.90. The number of carbonyl (C=O) groups is 1. The van der Waals surface area contributed by atoms with Crippen molar-refractivity contribution < 1.29 is 9.53 Å². The molecule has 2 heterocycles. The van der Waals surface area contributed by atoms with Crippen molar-refractivity contribution >= 4 is 11.7 Å². The zero-order valence-electron chi connectivity index (χ0n) is 12.9. The van der Waals surface area contributed by atoms with Crippen molar-refractivity contribution in [1.29, 1.82) is 0 Å². The summed E-state index contributed by atoms with van der Waals surface area (Å²) in [5.41, 5.74) is 0.549.